The van der Waals surface area contributed by atoms with E-state index >= 15 is 0 Å². The van der Waals surface area contributed by atoms with E-state index in [0.29, 0.717) is 23.5 Å². The van der Waals surface area contributed by atoms with Crippen LogP contribution in [-0.2, 0) is 16.1 Å². The molecule has 1 aromatic heterocycles. The molecule has 1 N–H and O–H groups in total. The molecule has 1 fully saturated rings. The molecule has 7 nitrogen and oxygen atoms in total. The number of imide groups is 1. The molecule has 3 heterocycles. The fraction of sp³-hybridized carbons (Fsp3) is 0.250. The number of nitrogens with zero attached hydrogens (tertiary/aromatic N) is 3. The molecular weight excluding hydrogens is 440 g/mol. The second kappa shape index (κ2) is 10.0. The van der Waals surface area contributed by atoms with Crippen LogP contribution in [0.5, 0.6) is 5.75 Å². The number of benzene rings is 2. The molecule has 0 spiro atoms. The normalized spacial score (nSPS) is 15.8. The summed E-state index contributed by atoms with van der Waals surface area (Å²) in [4.78, 5) is 34.7. The van der Waals surface area contributed by atoms with E-state index in [1.165, 1.54) is 23.4 Å². The molecule has 2 amide bonds. The third-order valence-electron chi connectivity index (χ3n) is 6.29. The van der Waals surface area contributed by atoms with Crippen molar-refractivity contribution in [1.82, 2.24) is 9.88 Å². The predicted octanol–water partition coefficient (Wildman–Crippen LogP) is 4.47. The molecule has 3 aromatic rings. The maximum atomic E-state index is 13.5. The molecule has 0 saturated carbocycles. The van der Waals surface area contributed by atoms with Crippen molar-refractivity contribution >= 4 is 28.8 Å². The van der Waals surface area contributed by atoms with Gasteiger partial charge in [-0.05, 0) is 73.4 Å². The lowest BCUT2D eigenvalue weighted by atomic mass is 10.0. The minimum Gasteiger partial charge on any atom is -0.494 e. The second-order valence-corrected chi connectivity index (χ2v) is 8.63. The first-order valence-corrected chi connectivity index (χ1v) is 12.0. The number of pyridine rings is 1. The minimum absolute atomic E-state index is 0.158. The molecule has 0 bridgehead atoms. The van der Waals surface area contributed by atoms with Gasteiger partial charge >= 0.3 is 0 Å². The number of carbonyl (C=O) groups excluding carboxylic acids is 2. The number of hydrogen-bond donors (Lipinski definition) is 1. The summed E-state index contributed by atoms with van der Waals surface area (Å²) in [6, 6.07) is 18.9. The zero-order chi connectivity index (χ0) is 24.2. The van der Waals surface area contributed by atoms with Gasteiger partial charge in [0, 0.05) is 36.9 Å². The van der Waals surface area contributed by atoms with Gasteiger partial charge in [-0.15, -0.1) is 0 Å². The topological polar surface area (TPSA) is 74.8 Å². The quantitative estimate of drug-likeness (QED) is 0.492. The predicted molar refractivity (Wildman–Crippen MR) is 136 cm³/mol. The summed E-state index contributed by atoms with van der Waals surface area (Å²) in [5, 5.41) is 3.25. The van der Waals surface area contributed by atoms with Gasteiger partial charge < -0.3 is 15.0 Å². The van der Waals surface area contributed by atoms with Crippen molar-refractivity contribution in [3.05, 3.63) is 89.9 Å². The Bertz CT molecular complexity index is 1230. The third kappa shape index (κ3) is 4.75. The summed E-state index contributed by atoms with van der Waals surface area (Å²) in [6.07, 6.45) is 5.75. The van der Waals surface area contributed by atoms with Crippen molar-refractivity contribution in [3.63, 3.8) is 0 Å². The van der Waals surface area contributed by atoms with Crippen LogP contribution in [0.15, 0.2) is 78.8 Å². The lowest BCUT2D eigenvalue weighted by molar-refractivity contribution is -0.137. The largest absolute Gasteiger partial charge is 0.494 e. The lowest BCUT2D eigenvalue weighted by Gasteiger charge is -2.18. The molecule has 0 atom stereocenters. The lowest BCUT2D eigenvalue weighted by Crippen LogP contribution is -2.32. The van der Waals surface area contributed by atoms with E-state index in [-0.39, 0.29) is 24.1 Å². The van der Waals surface area contributed by atoms with E-state index < -0.39 is 0 Å². The fourth-order valence-electron chi connectivity index (χ4n) is 4.54. The molecule has 2 aliphatic heterocycles. The summed E-state index contributed by atoms with van der Waals surface area (Å²) >= 11 is 0. The van der Waals surface area contributed by atoms with Gasteiger partial charge in [-0.3, -0.25) is 19.5 Å². The molecule has 5 rings (SSSR count). The molecule has 0 radical (unpaired) electrons. The van der Waals surface area contributed by atoms with E-state index in [1.54, 1.807) is 18.5 Å². The highest BCUT2D eigenvalue weighted by Crippen LogP contribution is 2.33. The number of rotatable bonds is 8. The van der Waals surface area contributed by atoms with Gasteiger partial charge in [0.1, 0.15) is 11.4 Å². The van der Waals surface area contributed by atoms with Gasteiger partial charge in [0.25, 0.3) is 11.8 Å². The highest BCUT2D eigenvalue weighted by atomic mass is 16.5. The number of ether oxygens (including phenoxy) is 1. The summed E-state index contributed by atoms with van der Waals surface area (Å²) in [6.45, 7) is 4.76. The fourth-order valence-corrected chi connectivity index (χ4v) is 4.54. The van der Waals surface area contributed by atoms with Gasteiger partial charge in [0.05, 0.1) is 18.7 Å². The van der Waals surface area contributed by atoms with Crippen LogP contribution >= 0.6 is 0 Å². The maximum Gasteiger partial charge on any atom is 0.278 e. The molecule has 0 aliphatic carbocycles. The molecule has 35 heavy (non-hydrogen) atoms. The molecule has 0 unspecified atom stereocenters. The average Bonchev–Trinajstić information content (AvgIpc) is 3.50. The Morgan fingerprint density at radius 2 is 1.69 bits per heavy atom. The average molecular weight is 469 g/mol. The van der Waals surface area contributed by atoms with E-state index in [1.807, 2.05) is 49.4 Å². The van der Waals surface area contributed by atoms with E-state index in [0.717, 1.165) is 24.3 Å². The zero-order valence-corrected chi connectivity index (χ0v) is 19.7. The first kappa shape index (κ1) is 22.7. The van der Waals surface area contributed by atoms with Crippen LogP contribution in [0.4, 0.5) is 11.4 Å². The second-order valence-electron chi connectivity index (χ2n) is 8.63. The Hall–Kier alpha value is -4.13. The van der Waals surface area contributed by atoms with Crippen molar-refractivity contribution in [2.45, 2.75) is 26.3 Å². The molecule has 1 saturated heterocycles. The number of anilines is 2. The highest BCUT2D eigenvalue weighted by Gasteiger charge is 2.39. The van der Waals surface area contributed by atoms with Crippen LogP contribution < -0.4 is 15.0 Å². The Morgan fingerprint density at radius 1 is 0.943 bits per heavy atom. The van der Waals surface area contributed by atoms with Crippen LogP contribution in [0.2, 0.25) is 0 Å². The van der Waals surface area contributed by atoms with Crippen molar-refractivity contribution < 1.29 is 14.3 Å². The Morgan fingerprint density at radius 3 is 2.34 bits per heavy atom. The Kier molecular flexibility index (Phi) is 6.48. The number of amides is 2. The maximum absolute atomic E-state index is 13.5. The van der Waals surface area contributed by atoms with Gasteiger partial charge in [0.2, 0.25) is 0 Å². The van der Waals surface area contributed by atoms with Crippen molar-refractivity contribution in [1.29, 1.82) is 0 Å². The molecule has 2 aliphatic rings. The molecule has 178 valence electrons. The Labute approximate surface area is 205 Å². The van der Waals surface area contributed by atoms with Gasteiger partial charge in [-0.25, -0.2) is 0 Å². The number of carbonyl (C=O) groups is 2. The first-order chi connectivity index (χ1) is 17.1. The number of nitrogens with one attached hydrogen (secondary N) is 1. The number of aromatic nitrogens is 1. The van der Waals surface area contributed by atoms with Crippen LogP contribution in [0.1, 0.15) is 30.9 Å². The van der Waals surface area contributed by atoms with Gasteiger partial charge in [-0.2, -0.15) is 0 Å². The SMILES string of the molecule is CCOc1ccc(C2=C(Nc3ccc(N4CCCC4)cc3)C(=O)N(Cc3cccnc3)C2=O)cc1. The summed E-state index contributed by atoms with van der Waals surface area (Å²) < 4.78 is 5.54. The van der Waals surface area contributed by atoms with Crippen LogP contribution in [0, 0.1) is 0 Å². The van der Waals surface area contributed by atoms with Crippen LogP contribution in [0.3, 0.4) is 0 Å². The monoisotopic (exact) mass is 468 g/mol. The summed E-state index contributed by atoms with van der Waals surface area (Å²) in [5.41, 5.74) is 4.01. The third-order valence-corrected chi connectivity index (χ3v) is 6.29. The first-order valence-electron chi connectivity index (χ1n) is 12.0. The number of hydrogen-bond acceptors (Lipinski definition) is 6. The van der Waals surface area contributed by atoms with Crippen molar-refractivity contribution in [3.8, 4) is 5.75 Å². The standard InChI is InChI=1S/C28H28N4O3/c1-2-35-24-13-7-21(8-14-24)25-26(28(34)32(27(25)33)19-20-6-5-15-29-18-20)30-22-9-11-23(12-10-22)31-16-3-4-17-31/h5-15,18,30H,2-4,16-17,19H2,1H3. The molecular formula is C28H28N4O3. The minimum atomic E-state index is -0.355. The van der Waals surface area contributed by atoms with E-state index in [2.05, 4.69) is 27.3 Å². The van der Waals surface area contributed by atoms with Crippen molar-refractivity contribution in [2.24, 2.45) is 0 Å². The van der Waals surface area contributed by atoms with Crippen LogP contribution in [0.25, 0.3) is 5.57 Å². The Balaban J connectivity index is 1.46. The highest BCUT2D eigenvalue weighted by molar-refractivity contribution is 6.36. The molecule has 7 heteroatoms. The van der Waals surface area contributed by atoms with Crippen molar-refractivity contribution in [2.75, 3.05) is 29.9 Å². The summed E-state index contributed by atoms with van der Waals surface area (Å²) in [7, 11) is 0. The van der Waals surface area contributed by atoms with E-state index in [4.69, 9.17) is 4.74 Å². The van der Waals surface area contributed by atoms with Gasteiger partial charge in [0.15, 0.2) is 0 Å². The van der Waals surface area contributed by atoms with Gasteiger partial charge in [-0.1, -0.05) is 18.2 Å². The van der Waals surface area contributed by atoms with E-state index in [9.17, 15) is 9.59 Å². The molecule has 2 aromatic carbocycles. The smallest absolute Gasteiger partial charge is 0.278 e. The van der Waals surface area contributed by atoms with Crippen LogP contribution in [-0.4, -0.2) is 41.4 Å². The summed E-state index contributed by atoms with van der Waals surface area (Å²) in [5.74, 6) is 0.0263. The zero-order valence-electron chi connectivity index (χ0n) is 19.7.